The van der Waals surface area contributed by atoms with Gasteiger partial charge in [0.05, 0.1) is 23.6 Å². The van der Waals surface area contributed by atoms with Gasteiger partial charge >= 0.3 is 0 Å². The molecule has 6 heteroatoms. The van der Waals surface area contributed by atoms with E-state index in [2.05, 4.69) is 72.8 Å². The van der Waals surface area contributed by atoms with Gasteiger partial charge in [0.2, 0.25) is 0 Å². The van der Waals surface area contributed by atoms with Crippen LogP contribution in [0.15, 0.2) is 81.4 Å². The van der Waals surface area contributed by atoms with Crippen LogP contribution in [0.4, 0.5) is 0 Å². The van der Waals surface area contributed by atoms with Crippen LogP contribution in [0.5, 0.6) is 0 Å². The summed E-state index contributed by atoms with van der Waals surface area (Å²) in [6, 6.07) is 20.5. The number of benzene rings is 2. The van der Waals surface area contributed by atoms with E-state index in [4.69, 9.17) is 4.99 Å². The summed E-state index contributed by atoms with van der Waals surface area (Å²) in [6.45, 7) is 2.53. The second-order valence-corrected chi connectivity index (χ2v) is 7.83. The van der Waals surface area contributed by atoms with Crippen molar-refractivity contribution < 1.29 is 0 Å². The zero-order valence-electron chi connectivity index (χ0n) is 15.8. The first-order chi connectivity index (χ1) is 14.2. The summed E-state index contributed by atoms with van der Waals surface area (Å²) in [4.78, 5) is 12.7. The summed E-state index contributed by atoms with van der Waals surface area (Å²) in [6.07, 6.45) is 1.77. The van der Waals surface area contributed by atoms with Crippen molar-refractivity contribution in [1.29, 1.82) is 0 Å². The zero-order chi connectivity index (χ0) is 19.8. The average Bonchev–Trinajstić information content (AvgIpc) is 3.04. The van der Waals surface area contributed by atoms with E-state index in [9.17, 15) is 0 Å². The fourth-order valence-electron chi connectivity index (χ4n) is 3.63. The molecule has 4 aromatic rings. The molecule has 0 unspecified atom stereocenters. The number of aromatic amines is 1. The van der Waals surface area contributed by atoms with Crippen LogP contribution in [0.1, 0.15) is 23.9 Å². The van der Waals surface area contributed by atoms with Crippen LogP contribution in [-0.2, 0) is 6.54 Å². The number of hydrazone groups is 1. The molecule has 5 nitrogen and oxygen atoms in total. The highest BCUT2D eigenvalue weighted by Crippen LogP contribution is 2.37. The van der Waals surface area contributed by atoms with Gasteiger partial charge in [0, 0.05) is 27.1 Å². The fourth-order valence-corrected chi connectivity index (χ4v) is 3.99. The first-order valence-electron chi connectivity index (χ1n) is 9.37. The molecular weight excluding hydrogens is 426 g/mol. The van der Waals surface area contributed by atoms with Crippen molar-refractivity contribution in [3.05, 3.63) is 88.3 Å². The van der Waals surface area contributed by atoms with Crippen molar-refractivity contribution >= 4 is 38.4 Å². The normalized spacial score (nSPS) is 13.4. The SMILES string of the molecule is C/C(=N\NC1=NCc2ccccc2-c2c1[nH]c1ccc(Br)cc21)c1ccccn1. The van der Waals surface area contributed by atoms with Gasteiger partial charge in [-0.1, -0.05) is 46.3 Å². The Kier molecular flexibility index (Phi) is 4.48. The number of nitrogens with zero attached hydrogens (tertiary/aromatic N) is 3. The Bertz CT molecular complexity index is 1270. The standard InChI is InChI=1S/C23H18BrN5/c1-14(19-8-4-5-11-25-19)28-29-23-22-21(17-7-3-2-6-15(17)13-26-23)18-12-16(24)9-10-20(18)27-22/h2-12,27H,13H2,1H3,(H,26,29)/b28-14+. The minimum absolute atomic E-state index is 0.592. The Morgan fingerprint density at radius 1 is 1.10 bits per heavy atom. The molecule has 0 saturated carbocycles. The Labute approximate surface area is 176 Å². The summed E-state index contributed by atoms with van der Waals surface area (Å²) in [7, 11) is 0. The Hall–Kier alpha value is -3.25. The molecule has 5 rings (SSSR count). The second-order valence-electron chi connectivity index (χ2n) is 6.91. The molecule has 2 aromatic carbocycles. The Morgan fingerprint density at radius 3 is 2.83 bits per heavy atom. The van der Waals surface area contributed by atoms with Gasteiger partial charge in [-0.15, -0.1) is 0 Å². The fraction of sp³-hybridized carbons (Fsp3) is 0.0870. The van der Waals surface area contributed by atoms with Gasteiger partial charge in [-0.3, -0.25) is 15.4 Å². The average molecular weight is 444 g/mol. The van der Waals surface area contributed by atoms with Crippen molar-refractivity contribution in [2.45, 2.75) is 13.5 Å². The third kappa shape index (κ3) is 3.25. The van der Waals surface area contributed by atoms with E-state index in [1.165, 1.54) is 11.1 Å². The molecule has 0 saturated heterocycles. The van der Waals surface area contributed by atoms with E-state index in [-0.39, 0.29) is 0 Å². The van der Waals surface area contributed by atoms with Gasteiger partial charge in [-0.25, -0.2) is 0 Å². The van der Waals surface area contributed by atoms with E-state index in [0.717, 1.165) is 43.9 Å². The number of rotatable bonds is 2. The van der Waals surface area contributed by atoms with Crippen molar-refractivity contribution in [2.24, 2.45) is 10.1 Å². The van der Waals surface area contributed by atoms with Crippen molar-refractivity contribution in [3.8, 4) is 11.1 Å². The highest BCUT2D eigenvalue weighted by molar-refractivity contribution is 9.10. The van der Waals surface area contributed by atoms with Gasteiger partial charge in [0.25, 0.3) is 0 Å². The number of amidine groups is 1. The molecule has 0 bridgehead atoms. The topological polar surface area (TPSA) is 65.4 Å². The minimum atomic E-state index is 0.592. The van der Waals surface area contributed by atoms with Crippen LogP contribution in [0.2, 0.25) is 0 Å². The number of hydrogen-bond acceptors (Lipinski definition) is 4. The molecule has 0 atom stereocenters. The lowest BCUT2D eigenvalue weighted by atomic mass is 9.97. The van der Waals surface area contributed by atoms with E-state index in [1.807, 2.05) is 31.2 Å². The minimum Gasteiger partial charge on any atom is -0.351 e. The van der Waals surface area contributed by atoms with Crippen LogP contribution in [0.3, 0.4) is 0 Å². The van der Waals surface area contributed by atoms with Crippen molar-refractivity contribution in [1.82, 2.24) is 15.4 Å². The maximum absolute atomic E-state index is 4.82. The van der Waals surface area contributed by atoms with Crippen LogP contribution < -0.4 is 5.43 Å². The number of aromatic nitrogens is 2. The summed E-state index contributed by atoms with van der Waals surface area (Å²) in [5.41, 5.74) is 10.4. The Morgan fingerprint density at radius 2 is 1.97 bits per heavy atom. The Balaban J connectivity index is 1.64. The molecule has 0 fully saturated rings. The largest absolute Gasteiger partial charge is 0.351 e. The molecule has 2 N–H and O–H groups in total. The third-order valence-corrected chi connectivity index (χ3v) is 5.55. The molecule has 0 radical (unpaired) electrons. The maximum Gasteiger partial charge on any atom is 0.166 e. The number of nitrogens with one attached hydrogen (secondary N) is 2. The molecule has 3 heterocycles. The zero-order valence-corrected chi connectivity index (χ0v) is 17.4. The highest BCUT2D eigenvalue weighted by Gasteiger charge is 2.22. The van der Waals surface area contributed by atoms with E-state index in [1.54, 1.807) is 6.20 Å². The van der Waals surface area contributed by atoms with E-state index < -0.39 is 0 Å². The van der Waals surface area contributed by atoms with Gasteiger partial charge in [0.1, 0.15) is 0 Å². The van der Waals surface area contributed by atoms with Crippen LogP contribution in [-0.4, -0.2) is 21.5 Å². The number of aliphatic imine (C=N–C) groups is 1. The molecule has 0 aliphatic carbocycles. The smallest absolute Gasteiger partial charge is 0.166 e. The lowest BCUT2D eigenvalue weighted by Gasteiger charge is -2.07. The van der Waals surface area contributed by atoms with Gasteiger partial charge in [-0.2, -0.15) is 5.10 Å². The van der Waals surface area contributed by atoms with Crippen LogP contribution >= 0.6 is 15.9 Å². The second kappa shape index (κ2) is 7.29. The van der Waals surface area contributed by atoms with Crippen molar-refractivity contribution in [2.75, 3.05) is 0 Å². The number of halogens is 1. The molecule has 0 spiro atoms. The predicted octanol–water partition coefficient (Wildman–Crippen LogP) is 5.27. The lowest BCUT2D eigenvalue weighted by Crippen LogP contribution is -2.21. The van der Waals surface area contributed by atoms with Crippen LogP contribution in [0.25, 0.3) is 22.0 Å². The number of hydrogen-bond donors (Lipinski definition) is 2. The van der Waals surface area contributed by atoms with Gasteiger partial charge in [-0.05, 0) is 48.4 Å². The predicted molar refractivity (Wildman–Crippen MR) is 121 cm³/mol. The molecular formula is C23H18BrN5. The number of fused-ring (bicyclic) bond motifs is 5. The molecule has 0 amide bonds. The third-order valence-electron chi connectivity index (χ3n) is 5.06. The lowest BCUT2D eigenvalue weighted by molar-refractivity contribution is 0.971. The van der Waals surface area contributed by atoms with Crippen LogP contribution in [0, 0.1) is 0 Å². The molecule has 29 heavy (non-hydrogen) atoms. The summed E-state index contributed by atoms with van der Waals surface area (Å²) >= 11 is 3.61. The molecule has 142 valence electrons. The van der Waals surface area contributed by atoms with E-state index >= 15 is 0 Å². The summed E-state index contributed by atoms with van der Waals surface area (Å²) in [5.74, 6) is 0.721. The first kappa shape index (κ1) is 17.8. The highest BCUT2D eigenvalue weighted by atomic mass is 79.9. The number of H-pyrrole nitrogens is 1. The summed E-state index contributed by atoms with van der Waals surface area (Å²) in [5, 5.41) is 5.71. The van der Waals surface area contributed by atoms with Gasteiger partial charge < -0.3 is 4.98 Å². The maximum atomic E-state index is 4.82. The summed E-state index contributed by atoms with van der Waals surface area (Å²) < 4.78 is 1.05. The molecule has 2 aromatic heterocycles. The first-order valence-corrected chi connectivity index (χ1v) is 10.2. The quantitative estimate of drug-likeness (QED) is 0.327. The molecule has 1 aliphatic heterocycles. The monoisotopic (exact) mass is 443 g/mol. The van der Waals surface area contributed by atoms with Crippen molar-refractivity contribution in [3.63, 3.8) is 0 Å². The number of pyridine rings is 1. The molecule has 1 aliphatic rings. The van der Waals surface area contributed by atoms with E-state index in [0.29, 0.717) is 6.54 Å². The van der Waals surface area contributed by atoms with Gasteiger partial charge in [0.15, 0.2) is 5.84 Å².